The number of nitrogens with one attached hydrogen (secondary N) is 2. The van der Waals surface area contributed by atoms with Gasteiger partial charge in [-0.15, -0.1) is 0 Å². The van der Waals surface area contributed by atoms with E-state index in [2.05, 4.69) is 15.8 Å². The van der Waals surface area contributed by atoms with Crippen LogP contribution in [0.1, 0.15) is 18.1 Å². The number of carbonyl (C=O) groups excluding carboxylic acids is 1. The van der Waals surface area contributed by atoms with Crippen molar-refractivity contribution in [2.24, 2.45) is 5.10 Å². The Morgan fingerprint density at radius 1 is 1.23 bits per heavy atom. The molecular formula is C18H20N4O4. The fraction of sp³-hybridized carbons (Fsp3) is 0.222. The number of amides is 1. The van der Waals surface area contributed by atoms with E-state index in [-0.39, 0.29) is 18.1 Å². The molecule has 0 aliphatic heterocycles. The number of nitrogens with zero attached hydrogens (tertiary/aromatic N) is 2. The molecule has 2 aromatic rings. The minimum Gasteiger partial charge on any atom is -0.497 e. The SMILES string of the molecule is COc1ccc(NCC(=O)N/N=C(\C)c2ccc(C)c([N+](=O)[O-])c2)cc1. The van der Waals surface area contributed by atoms with Crippen molar-refractivity contribution < 1.29 is 14.5 Å². The third-order valence-electron chi connectivity index (χ3n) is 3.72. The zero-order valence-corrected chi connectivity index (χ0v) is 14.8. The number of hydrogen-bond donors (Lipinski definition) is 2. The maximum atomic E-state index is 11.9. The second-order valence-corrected chi connectivity index (χ2v) is 5.57. The van der Waals surface area contributed by atoms with E-state index < -0.39 is 4.92 Å². The highest BCUT2D eigenvalue weighted by molar-refractivity contribution is 6.00. The van der Waals surface area contributed by atoms with E-state index in [1.165, 1.54) is 6.07 Å². The highest BCUT2D eigenvalue weighted by Gasteiger charge is 2.12. The average molecular weight is 356 g/mol. The molecule has 136 valence electrons. The molecule has 8 heteroatoms. The lowest BCUT2D eigenvalue weighted by molar-refractivity contribution is -0.385. The number of anilines is 1. The summed E-state index contributed by atoms with van der Waals surface area (Å²) in [5.41, 5.74) is 4.84. The molecule has 2 aromatic carbocycles. The van der Waals surface area contributed by atoms with Crippen LogP contribution in [-0.2, 0) is 4.79 Å². The molecule has 0 saturated carbocycles. The molecule has 0 radical (unpaired) electrons. The van der Waals surface area contributed by atoms with Gasteiger partial charge in [0.25, 0.3) is 11.6 Å². The van der Waals surface area contributed by atoms with Gasteiger partial charge >= 0.3 is 0 Å². The predicted octanol–water partition coefficient (Wildman–Crippen LogP) is 2.86. The fourth-order valence-corrected chi connectivity index (χ4v) is 2.17. The third-order valence-corrected chi connectivity index (χ3v) is 3.72. The van der Waals surface area contributed by atoms with Gasteiger partial charge < -0.3 is 10.1 Å². The van der Waals surface area contributed by atoms with Gasteiger partial charge in [0.15, 0.2) is 0 Å². The molecule has 0 unspecified atom stereocenters. The minimum absolute atomic E-state index is 0.0181. The van der Waals surface area contributed by atoms with Crippen LogP contribution in [0.3, 0.4) is 0 Å². The molecule has 0 aromatic heterocycles. The minimum atomic E-state index is -0.441. The fourth-order valence-electron chi connectivity index (χ4n) is 2.17. The molecular weight excluding hydrogens is 336 g/mol. The molecule has 1 amide bonds. The topological polar surface area (TPSA) is 106 Å². The van der Waals surface area contributed by atoms with Crippen LogP contribution < -0.4 is 15.5 Å². The Morgan fingerprint density at radius 3 is 2.54 bits per heavy atom. The third kappa shape index (κ3) is 5.04. The van der Waals surface area contributed by atoms with E-state index in [9.17, 15) is 14.9 Å². The highest BCUT2D eigenvalue weighted by Crippen LogP contribution is 2.19. The largest absolute Gasteiger partial charge is 0.497 e. The van der Waals surface area contributed by atoms with Crippen LogP contribution in [-0.4, -0.2) is 30.2 Å². The summed E-state index contributed by atoms with van der Waals surface area (Å²) in [6.07, 6.45) is 0. The van der Waals surface area contributed by atoms with Crippen LogP contribution in [0.2, 0.25) is 0 Å². The van der Waals surface area contributed by atoms with Crippen LogP contribution in [0.25, 0.3) is 0 Å². The van der Waals surface area contributed by atoms with Crippen molar-refractivity contribution in [2.45, 2.75) is 13.8 Å². The summed E-state index contributed by atoms with van der Waals surface area (Å²) < 4.78 is 5.07. The van der Waals surface area contributed by atoms with Crippen LogP contribution in [0.5, 0.6) is 5.75 Å². The molecule has 0 bridgehead atoms. The van der Waals surface area contributed by atoms with Gasteiger partial charge in [0.05, 0.1) is 24.3 Å². The molecule has 0 spiro atoms. The van der Waals surface area contributed by atoms with Gasteiger partial charge in [-0.1, -0.05) is 12.1 Å². The van der Waals surface area contributed by atoms with Gasteiger partial charge in [-0.25, -0.2) is 5.43 Å². The second-order valence-electron chi connectivity index (χ2n) is 5.57. The molecule has 2 N–H and O–H groups in total. The van der Waals surface area contributed by atoms with Crippen LogP contribution in [0, 0.1) is 17.0 Å². The maximum absolute atomic E-state index is 11.9. The van der Waals surface area contributed by atoms with Gasteiger partial charge in [0.2, 0.25) is 0 Å². The lowest BCUT2D eigenvalue weighted by atomic mass is 10.1. The second kappa shape index (κ2) is 8.61. The number of benzene rings is 2. The zero-order valence-electron chi connectivity index (χ0n) is 14.8. The van der Waals surface area contributed by atoms with E-state index in [0.29, 0.717) is 16.8 Å². The first-order chi connectivity index (χ1) is 12.4. The molecule has 0 saturated heterocycles. The van der Waals surface area contributed by atoms with E-state index >= 15 is 0 Å². The number of hydrazone groups is 1. The Bertz CT molecular complexity index is 832. The molecule has 0 heterocycles. The van der Waals surface area contributed by atoms with Gasteiger partial charge in [0.1, 0.15) is 5.75 Å². The number of methoxy groups -OCH3 is 1. The highest BCUT2D eigenvalue weighted by atomic mass is 16.6. The summed E-state index contributed by atoms with van der Waals surface area (Å²) >= 11 is 0. The summed E-state index contributed by atoms with van der Waals surface area (Å²) in [7, 11) is 1.58. The van der Waals surface area contributed by atoms with Gasteiger partial charge in [0, 0.05) is 22.9 Å². The van der Waals surface area contributed by atoms with Crippen molar-refractivity contribution in [3.8, 4) is 5.75 Å². The zero-order chi connectivity index (χ0) is 19.1. The van der Waals surface area contributed by atoms with Gasteiger partial charge in [-0.3, -0.25) is 14.9 Å². The summed E-state index contributed by atoms with van der Waals surface area (Å²) in [4.78, 5) is 22.5. The lowest BCUT2D eigenvalue weighted by Crippen LogP contribution is -2.26. The molecule has 0 aliphatic carbocycles. The van der Waals surface area contributed by atoms with E-state index in [1.54, 1.807) is 57.4 Å². The molecule has 0 atom stereocenters. The monoisotopic (exact) mass is 356 g/mol. The lowest BCUT2D eigenvalue weighted by Gasteiger charge is -2.07. The number of ether oxygens (including phenoxy) is 1. The number of aryl methyl sites for hydroxylation is 1. The van der Waals surface area contributed by atoms with Gasteiger partial charge in [-0.2, -0.15) is 5.10 Å². The molecule has 26 heavy (non-hydrogen) atoms. The Labute approximate surface area is 151 Å². The van der Waals surface area contributed by atoms with Crippen molar-refractivity contribution in [3.63, 3.8) is 0 Å². The Morgan fingerprint density at radius 2 is 1.92 bits per heavy atom. The quantitative estimate of drug-likeness (QED) is 0.451. The standard InChI is InChI=1S/C18H20N4O4/c1-12-4-5-14(10-17(12)22(24)25)13(2)20-21-18(23)11-19-15-6-8-16(26-3)9-7-15/h4-10,19H,11H2,1-3H3,(H,21,23)/b20-13+. The summed E-state index contributed by atoms with van der Waals surface area (Å²) in [5.74, 6) is 0.397. The smallest absolute Gasteiger partial charge is 0.272 e. The summed E-state index contributed by atoms with van der Waals surface area (Å²) in [6.45, 7) is 3.38. The number of carbonyl (C=O) groups is 1. The first-order valence-corrected chi connectivity index (χ1v) is 7.87. The normalized spacial score (nSPS) is 11.0. The number of hydrogen-bond acceptors (Lipinski definition) is 6. The average Bonchev–Trinajstić information content (AvgIpc) is 2.64. The Balaban J connectivity index is 1.94. The predicted molar refractivity (Wildman–Crippen MR) is 99.7 cm³/mol. The molecule has 0 aliphatic rings. The summed E-state index contributed by atoms with van der Waals surface area (Å²) in [5, 5.41) is 18.0. The maximum Gasteiger partial charge on any atom is 0.272 e. The Hall–Kier alpha value is -3.42. The van der Waals surface area contributed by atoms with Crippen molar-refractivity contribution in [3.05, 3.63) is 63.7 Å². The van der Waals surface area contributed by atoms with E-state index in [1.807, 2.05) is 0 Å². The molecule has 0 fully saturated rings. The number of nitro benzene ring substituents is 1. The van der Waals surface area contributed by atoms with Crippen LogP contribution in [0.15, 0.2) is 47.6 Å². The summed E-state index contributed by atoms with van der Waals surface area (Å²) in [6, 6.07) is 12.0. The first-order valence-electron chi connectivity index (χ1n) is 7.87. The van der Waals surface area contributed by atoms with Crippen molar-refractivity contribution in [1.82, 2.24) is 5.43 Å². The van der Waals surface area contributed by atoms with E-state index in [4.69, 9.17) is 4.74 Å². The van der Waals surface area contributed by atoms with Crippen molar-refractivity contribution in [1.29, 1.82) is 0 Å². The van der Waals surface area contributed by atoms with Crippen molar-refractivity contribution >= 4 is 23.0 Å². The van der Waals surface area contributed by atoms with E-state index in [0.717, 1.165) is 11.4 Å². The Kier molecular flexibility index (Phi) is 6.26. The molecule has 2 rings (SSSR count). The van der Waals surface area contributed by atoms with Crippen molar-refractivity contribution in [2.75, 3.05) is 19.0 Å². The number of nitro groups is 1. The first kappa shape index (κ1) is 18.9. The van der Waals surface area contributed by atoms with Gasteiger partial charge in [-0.05, 0) is 38.1 Å². The number of rotatable bonds is 7. The van der Waals surface area contributed by atoms with Crippen LogP contribution in [0.4, 0.5) is 11.4 Å². The molecule has 8 nitrogen and oxygen atoms in total. The van der Waals surface area contributed by atoms with Crippen LogP contribution >= 0.6 is 0 Å².